The fraction of sp³-hybridized carbons (Fsp3) is 0.167. The Morgan fingerprint density at radius 2 is 2.37 bits per heavy atom. The van der Waals surface area contributed by atoms with Crippen molar-refractivity contribution >= 4 is 34.5 Å². The maximum absolute atomic E-state index is 8.65. The summed E-state index contributed by atoms with van der Waals surface area (Å²) >= 11 is 7.68. The van der Waals surface area contributed by atoms with E-state index >= 15 is 0 Å². The molecule has 1 aromatic heterocycles. The lowest BCUT2D eigenvalue weighted by molar-refractivity contribution is 0.318. The lowest BCUT2D eigenvalue weighted by atomic mass is 10.2. The topological polar surface area (TPSA) is 74.7 Å². The molecule has 19 heavy (non-hydrogen) atoms. The van der Waals surface area contributed by atoms with E-state index in [9.17, 15) is 0 Å². The normalized spacial score (nSPS) is 11.6. The zero-order valence-electron chi connectivity index (χ0n) is 10.2. The van der Waals surface area contributed by atoms with Gasteiger partial charge in [-0.1, -0.05) is 16.8 Å². The van der Waals surface area contributed by atoms with E-state index in [4.69, 9.17) is 22.5 Å². The molecule has 0 radical (unpaired) electrons. The van der Waals surface area contributed by atoms with Crippen LogP contribution in [-0.4, -0.2) is 23.1 Å². The van der Waals surface area contributed by atoms with Crippen LogP contribution in [0.25, 0.3) is 0 Å². The molecule has 0 saturated carbocycles. The summed E-state index contributed by atoms with van der Waals surface area (Å²) in [5.41, 5.74) is 9.78. The van der Waals surface area contributed by atoms with Crippen LogP contribution in [0, 0.1) is 0 Å². The molecule has 0 fully saturated rings. The number of nitrogens with two attached hydrogens (primary N) is 1. The van der Waals surface area contributed by atoms with Crippen LogP contribution in [0.2, 0.25) is 5.02 Å². The van der Waals surface area contributed by atoms with Gasteiger partial charge < -0.3 is 15.8 Å². The Balaban J connectivity index is 2.19. The van der Waals surface area contributed by atoms with E-state index in [-0.39, 0.29) is 5.84 Å². The summed E-state index contributed by atoms with van der Waals surface area (Å²) in [4.78, 5) is 6.26. The van der Waals surface area contributed by atoms with Gasteiger partial charge in [0.05, 0.1) is 22.8 Å². The highest BCUT2D eigenvalue weighted by Gasteiger charge is 2.09. The first-order valence-electron chi connectivity index (χ1n) is 5.47. The second-order valence-corrected chi connectivity index (χ2v) is 5.11. The van der Waals surface area contributed by atoms with Crippen molar-refractivity contribution in [3.63, 3.8) is 0 Å². The van der Waals surface area contributed by atoms with Gasteiger partial charge >= 0.3 is 0 Å². The monoisotopic (exact) mass is 296 g/mol. The number of hydrogen-bond donors (Lipinski definition) is 2. The summed E-state index contributed by atoms with van der Waals surface area (Å²) in [6.07, 6.45) is 0. The first kappa shape index (κ1) is 13.6. The van der Waals surface area contributed by atoms with E-state index < -0.39 is 0 Å². The number of oxime groups is 1. The lowest BCUT2D eigenvalue weighted by Gasteiger charge is -2.19. The Morgan fingerprint density at radius 1 is 1.58 bits per heavy atom. The Bertz CT molecular complexity index is 585. The molecular weight excluding hydrogens is 284 g/mol. The Kier molecular flexibility index (Phi) is 4.24. The van der Waals surface area contributed by atoms with E-state index in [1.165, 1.54) is 0 Å². The van der Waals surface area contributed by atoms with Crippen molar-refractivity contribution < 1.29 is 5.21 Å². The van der Waals surface area contributed by atoms with E-state index in [0.717, 1.165) is 11.4 Å². The standard InChI is InChI=1S/C12H13ClN4OS/c1-17(5-8-6-19-7-15-8)9-2-3-10(11(13)4-9)12(14)16-18/h2-4,6-7,18H,5H2,1H3,(H2,14,16). The van der Waals surface area contributed by atoms with Crippen LogP contribution >= 0.6 is 22.9 Å². The van der Waals surface area contributed by atoms with Gasteiger partial charge in [0.1, 0.15) is 0 Å². The number of anilines is 1. The number of thiazole rings is 1. The molecule has 0 amide bonds. The van der Waals surface area contributed by atoms with E-state index in [1.807, 2.05) is 23.4 Å². The molecule has 100 valence electrons. The third kappa shape index (κ3) is 3.15. The van der Waals surface area contributed by atoms with Crippen molar-refractivity contribution in [2.24, 2.45) is 10.9 Å². The van der Waals surface area contributed by atoms with Gasteiger partial charge in [-0.25, -0.2) is 4.98 Å². The average molecular weight is 297 g/mol. The van der Waals surface area contributed by atoms with E-state index in [1.54, 1.807) is 29.0 Å². The molecule has 7 heteroatoms. The molecule has 0 spiro atoms. The van der Waals surface area contributed by atoms with Crippen molar-refractivity contribution in [3.05, 3.63) is 45.4 Å². The van der Waals surface area contributed by atoms with Gasteiger partial charge in [0.25, 0.3) is 0 Å². The molecule has 2 aromatic rings. The van der Waals surface area contributed by atoms with Gasteiger partial charge in [-0.3, -0.25) is 0 Å². The molecule has 0 aliphatic rings. The van der Waals surface area contributed by atoms with Crippen molar-refractivity contribution in [1.82, 2.24) is 4.98 Å². The summed E-state index contributed by atoms with van der Waals surface area (Å²) in [7, 11) is 1.95. The number of rotatable bonds is 4. The maximum Gasteiger partial charge on any atom is 0.171 e. The number of nitrogens with zero attached hydrogens (tertiary/aromatic N) is 3. The molecule has 0 aliphatic carbocycles. The van der Waals surface area contributed by atoms with Gasteiger partial charge in [0.15, 0.2) is 5.84 Å². The maximum atomic E-state index is 8.65. The fourth-order valence-corrected chi connectivity index (χ4v) is 2.47. The lowest BCUT2D eigenvalue weighted by Crippen LogP contribution is -2.18. The molecular formula is C12H13ClN4OS. The summed E-state index contributed by atoms with van der Waals surface area (Å²) in [5.74, 6) is -0.00120. The summed E-state index contributed by atoms with van der Waals surface area (Å²) in [6, 6.07) is 5.37. The van der Waals surface area contributed by atoms with Gasteiger partial charge in [0.2, 0.25) is 0 Å². The molecule has 5 nitrogen and oxygen atoms in total. The molecule has 1 aromatic carbocycles. The Hall–Kier alpha value is -1.79. The van der Waals surface area contributed by atoms with Crippen LogP contribution in [0.15, 0.2) is 34.2 Å². The smallest absolute Gasteiger partial charge is 0.171 e. The molecule has 0 aliphatic heterocycles. The highest BCUT2D eigenvalue weighted by Crippen LogP contribution is 2.24. The van der Waals surface area contributed by atoms with Gasteiger partial charge in [-0.15, -0.1) is 11.3 Å². The quantitative estimate of drug-likeness (QED) is 0.393. The summed E-state index contributed by atoms with van der Waals surface area (Å²) in [6.45, 7) is 0.697. The van der Waals surface area contributed by atoms with Crippen molar-refractivity contribution in [1.29, 1.82) is 0 Å². The minimum Gasteiger partial charge on any atom is -0.409 e. The van der Waals surface area contributed by atoms with Crippen LogP contribution in [0.5, 0.6) is 0 Å². The largest absolute Gasteiger partial charge is 0.409 e. The number of hydrogen-bond acceptors (Lipinski definition) is 5. The van der Waals surface area contributed by atoms with Crippen LogP contribution < -0.4 is 10.6 Å². The number of aromatic nitrogens is 1. The van der Waals surface area contributed by atoms with Gasteiger partial charge in [-0.05, 0) is 18.2 Å². The third-order valence-corrected chi connectivity index (χ3v) is 3.61. The predicted molar refractivity (Wildman–Crippen MR) is 78.2 cm³/mol. The zero-order chi connectivity index (χ0) is 13.8. The van der Waals surface area contributed by atoms with Crippen molar-refractivity contribution in [2.75, 3.05) is 11.9 Å². The summed E-state index contributed by atoms with van der Waals surface area (Å²) in [5, 5.41) is 14.0. The van der Waals surface area contributed by atoms with Crippen LogP contribution in [-0.2, 0) is 6.54 Å². The zero-order valence-corrected chi connectivity index (χ0v) is 11.8. The van der Waals surface area contributed by atoms with Crippen molar-refractivity contribution in [2.45, 2.75) is 6.54 Å². The van der Waals surface area contributed by atoms with E-state index in [2.05, 4.69) is 10.1 Å². The minimum atomic E-state index is -0.00120. The van der Waals surface area contributed by atoms with E-state index in [0.29, 0.717) is 17.1 Å². The first-order chi connectivity index (χ1) is 9.11. The molecule has 2 rings (SSSR count). The van der Waals surface area contributed by atoms with Gasteiger partial charge in [-0.2, -0.15) is 0 Å². The number of amidine groups is 1. The highest BCUT2D eigenvalue weighted by molar-refractivity contribution is 7.07. The predicted octanol–water partition coefficient (Wildman–Crippen LogP) is 2.53. The highest BCUT2D eigenvalue weighted by atomic mass is 35.5. The molecule has 0 atom stereocenters. The summed E-state index contributed by atoms with van der Waals surface area (Å²) < 4.78 is 0. The second kappa shape index (κ2) is 5.90. The first-order valence-corrected chi connectivity index (χ1v) is 6.79. The molecule has 0 unspecified atom stereocenters. The van der Waals surface area contributed by atoms with Crippen molar-refractivity contribution in [3.8, 4) is 0 Å². The third-order valence-electron chi connectivity index (χ3n) is 2.66. The molecule has 3 N–H and O–H groups in total. The van der Waals surface area contributed by atoms with Crippen LogP contribution in [0.4, 0.5) is 5.69 Å². The molecule has 1 heterocycles. The van der Waals surface area contributed by atoms with Crippen LogP contribution in [0.1, 0.15) is 11.3 Å². The molecule has 0 bridgehead atoms. The van der Waals surface area contributed by atoms with Crippen LogP contribution in [0.3, 0.4) is 0 Å². The SMILES string of the molecule is CN(Cc1cscn1)c1ccc(/C(N)=N/O)c(Cl)c1. The van der Waals surface area contributed by atoms with Gasteiger partial charge in [0, 0.05) is 23.7 Å². The average Bonchev–Trinajstić information content (AvgIpc) is 2.90. The number of halogens is 1. The minimum absolute atomic E-state index is 0.00120. The Morgan fingerprint density at radius 3 is 2.95 bits per heavy atom. The number of benzene rings is 1. The molecule has 0 saturated heterocycles. The fourth-order valence-electron chi connectivity index (χ4n) is 1.65. The Labute approximate surface area is 119 Å². The second-order valence-electron chi connectivity index (χ2n) is 3.99.